The summed E-state index contributed by atoms with van der Waals surface area (Å²) in [6.07, 6.45) is 0. The van der Waals surface area contributed by atoms with Crippen molar-refractivity contribution < 1.29 is 9.47 Å². The second kappa shape index (κ2) is 9.71. The van der Waals surface area contributed by atoms with Gasteiger partial charge in [0.15, 0.2) is 0 Å². The van der Waals surface area contributed by atoms with Crippen molar-refractivity contribution in [2.75, 3.05) is 7.11 Å². The standard InChI is InChI=1S/C23H28N2O2S/c1-16(2)23(18-7-11-20(26-4)12-8-18)24-13-19-15-28-22(25-19)14-27-21-9-5-17(3)6-10-21/h5-12,15-16,23-24H,13-14H2,1-4H3. The molecule has 0 fully saturated rings. The van der Waals surface area contributed by atoms with Gasteiger partial charge < -0.3 is 14.8 Å². The number of nitrogens with one attached hydrogen (secondary N) is 1. The number of ether oxygens (including phenoxy) is 2. The fraction of sp³-hybridized carbons (Fsp3) is 0.348. The van der Waals surface area contributed by atoms with E-state index in [1.165, 1.54) is 11.1 Å². The summed E-state index contributed by atoms with van der Waals surface area (Å²) in [5, 5.41) is 6.74. The first kappa shape index (κ1) is 20.4. The van der Waals surface area contributed by atoms with Crippen LogP contribution < -0.4 is 14.8 Å². The third-order valence-corrected chi connectivity index (χ3v) is 5.50. The molecule has 0 amide bonds. The molecule has 1 aromatic heterocycles. The van der Waals surface area contributed by atoms with Gasteiger partial charge in [0, 0.05) is 18.0 Å². The highest BCUT2D eigenvalue weighted by atomic mass is 32.1. The Morgan fingerprint density at radius 1 is 1.00 bits per heavy atom. The zero-order valence-electron chi connectivity index (χ0n) is 16.9. The van der Waals surface area contributed by atoms with Crippen LogP contribution >= 0.6 is 11.3 Å². The fourth-order valence-corrected chi connectivity index (χ4v) is 3.75. The summed E-state index contributed by atoms with van der Waals surface area (Å²) in [6.45, 7) is 7.75. The predicted molar refractivity (Wildman–Crippen MR) is 115 cm³/mol. The molecule has 0 aliphatic carbocycles. The largest absolute Gasteiger partial charge is 0.497 e. The van der Waals surface area contributed by atoms with Crippen LogP contribution in [0, 0.1) is 12.8 Å². The lowest BCUT2D eigenvalue weighted by Crippen LogP contribution is -2.25. The topological polar surface area (TPSA) is 43.4 Å². The van der Waals surface area contributed by atoms with Gasteiger partial charge in [0.25, 0.3) is 0 Å². The molecule has 0 aliphatic rings. The Hall–Kier alpha value is -2.37. The van der Waals surface area contributed by atoms with Gasteiger partial charge in [0.2, 0.25) is 0 Å². The maximum absolute atomic E-state index is 5.83. The molecule has 0 aliphatic heterocycles. The van der Waals surface area contributed by atoms with Gasteiger partial charge in [-0.05, 0) is 42.7 Å². The molecule has 2 aromatic carbocycles. The van der Waals surface area contributed by atoms with Crippen LogP contribution in [-0.2, 0) is 13.2 Å². The minimum Gasteiger partial charge on any atom is -0.497 e. The summed E-state index contributed by atoms with van der Waals surface area (Å²) < 4.78 is 11.1. The summed E-state index contributed by atoms with van der Waals surface area (Å²) in [4.78, 5) is 4.71. The van der Waals surface area contributed by atoms with E-state index in [9.17, 15) is 0 Å². The monoisotopic (exact) mass is 396 g/mol. The molecule has 0 spiro atoms. The first-order valence-corrected chi connectivity index (χ1v) is 10.4. The van der Waals surface area contributed by atoms with Gasteiger partial charge in [0.05, 0.1) is 12.8 Å². The van der Waals surface area contributed by atoms with Gasteiger partial charge in [-0.3, -0.25) is 0 Å². The Morgan fingerprint density at radius 3 is 2.32 bits per heavy atom. The minimum atomic E-state index is 0.264. The van der Waals surface area contributed by atoms with E-state index in [1.54, 1.807) is 18.4 Å². The molecule has 28 heavy (non-hydrogen) atoms. The van der Waals surface area contributed by atoms with Crippen LogP contribution in [0.3, 0.4) is 0 Å². The van der Waals surface area contributed by atoms with Crippen LogP contribution in [0.1, 0.15) is 41.7 Å². The van der Waals surface area contributed by atoms with E-state index in [2.05, 4.69) is 55.7 Å². The number of methoxy groups -OCH3 is 1. The normalized spacial score (nSPS) is 12.2. The summed E-state index contributed by atoms with van der Waals surface area (Å²) >= 11 is 1.64. The van der Waals surface area contributed by atoms with Crippen molar-refractivity contribution in [3.63, 3.8) is 0 Å². The van der Waals surface area contributed by atoms with Gasteiger partial charge >= 0.3 is 0 Å². The minimum absolute atomic E-state index is 0.264. The van der Waals surface area contributed by atoms with Crippen molar-refractivity contribution in [1.82, 2.24) is 10.3 Å². The van der Waals surface area contributed by atoms with Crippen molar-refractivity contribution in [3.05, 3.63) is 75.7 Å². The zero-order chi connectivity index (χ0) is 19.9. The Balaban J connectivity index is 1.56. The molecule has 1 unspecified atom stereocenters. The molecule has 0 bridgehead atoms. The van der Waals surface area contributed by atoms with Crippen LogP contribution in [0.5, 0.6) is 11.5 Å². The van der Waals surface area contributed by atoms with Gasteiger partial charge in [0.1, 0.15) is 23.1 Å². The molecule has 148 valence electrons. The van der Waals surface area contributed by atoms with Crippen LogP contribution in [-0.4, -0.2) is 12.1 Å². The fourth-order valence-electron chi connectivity index (χ4n) is 3.04. The van der Waals surface area contributed by atoms with Crippen molar-refractivity contribution in [2.45, 2.75) is 40.0 Å². The average Bonchev–Trinajstić information content (AvgIpc) is 3.16. The summed E-state index contributed by atoms with van der Waals surface area (Å²) in [6, 6.07) is 16.6. The molecular weight excluding hydrogens is 368 g/mol. The number of thiazole rings is 1. The number of nitrogens with zero attached hydrogens (tertiary/aromatic N) is 1. The van der Waals surface area contributed by atoms with Gasteiger partial charge in [-0.25, -0.2) is 4.98 Å². The molecule has 1 N–H and O–H groups in total. The molecule has 1 heterocycles. The number of aryl methyl sites for hydroxylation is 1. The van der Waals surface area contributed by atoms with Gasteiger partial charge in [-0.2, -0.15) is 0 Å². The maximum Gasteiger partial charge on any atom is 0.140 e. The lowest BCUT2D eigenvalue weighted by molar-refractivity contribution is 0.305. The number of benzene rings is 2. The van der Waals surface area contributed by atoms with E-state index >= 15 is 0 Å². The Bertz CT molecular complexity index is 857. The Labute approximate surface area is 171 Å². The maximum atomic E-state index is 5.83. The van der Waals surface area contributed by atoms with Crippen LogP contribution in [0.4, 0.5) is 0 Å². The van der Waals surface area contributed by atoms with Gasteiger partial charge in [-0.1, -0.05) is 43.7 Å². The second-order valence-corrected chi connectivity index (χ2v) is 8.15. The van der Waals surface area contributed by atoms with Crippen LogP contribution in [0.15, 0.2) is 53.9 Å². The molecule has 3 aromatic rings. The number of hydrogen-bond donors (Lipinski definition) is 1. The van der Waals surface area contributed by atoms with E-state index in [4.69, 9.17) is 14.5 Å². The highest BCUT2D eigenvalue weighted by Gasteiger charge is 2.16. The molecule has 1 atom stereocenters. The first-order chi connectivity index (χ1) is 13.5. The molecule has 5 heteroatoms. The van der Waals surface area contributed by atoms with E-state index < -0.39 is 0 Å². The van der Waals surface area contributed by atoms with Gasteiger partial charge in [-0.15, -0.1) is 11.3 Å². The van der Waals surface area contributed by atoms with Crippen molar-refractivity contribution in [2.24, 2.45) is 5.92 Å². The Kier molecular flexibility index (Phi) is 7.06. The smallest absolute Gasteiger partial charge is 0.140 e. The summed E-state index contributed by atoms with van der Waals surface area (Å²) in [7, 11) is 1.69. The van der Waals surface area contributed by atoms with E-state index in [0.717, 1.165) is 28.7 Å². The third-order valence-electron chi connectivity index (χ3n) is 4.63. The van der Waals surface area contributed by atoms with E-state index in [1.807, 2.05) is 24.3 Å². The third kappa shape index (κ3) is 5.57. The second-order valence-electron chi connectivity index (χ2n) is 7.21. The molecular formula is C23H28N2O2S. The van der Waals surface area contributed by atoms with Crippen molar-refractivity contribution in [1.29, 1.82) is 0 Å². The SMILES string of the molecule is COc1ccc(C(NCc2csc(COc3ccc(C)cc3)n2)C(C)C)cc1. The average molecular weight is 397 g/mol. The zero-order valence-corrected chi connectivity index (χ0v) is 17.8. The lowest BCUT2D eigenvalue weighted by atomic mass is 9.96. The van der Waals surface area contributed by atoms with E-state index in [-0.39, 0.29) is 6.04 Å². The number of aromatic nitrogens is 1. The van der Waals surface area contributed by atoms with Crippen LogP contribution in [0.25, 0.3) is 0 Å². The quantitative estimate of drug-likeness (QED) is 0.517. The summed E-state index contributed by atoms with van der Waals surface area (Å²) in [5.74, 6) is 2.22. The highest BCUT2D eigenvalue weighted by Crippen LogP contribution is 2.24. The molecule has 0 saturated carbocycles. The van der Waals surface area contributed by atoms with Crippen molar-refractivity contribution >= 4 is 11.3 Å². The molecule has 0 radical (unpaired) electrons. The van der Waals surface area contributed by atoms with Crippen LogP contribution in [0.2, 0.25) is 0 Å². The predicted octanol–water partition coefficient (Wildman–Crippen LogP) is 5.53. The highest BCUT2D eigenvalue weighted by molar-refractivity contribution is 7.09. The van der Waals surface area contributed by atoms with E-state index in [0.29, 0.717) is 12.5 Å². The molecule has 3 rings (SSSR count). The first-order valence-electron chi connectivity index (χ1n) is 9.55. The molecule has 0 saturated heterocycles. The number of rotatable bonds is 9. The lowest BCUT2D eigenvalue weighted by Gasteiger charge is -2.23. The molecule has 4 nitrogen and oxygen atoms in total. The van der Waals surface area contributed by atoms with Crippen molar-refractivity contribution in [3.8, 4) is 11.5 Å². The Morgan fingerprint density at radius 2 is 1.68 bits per heavy atom. The summed E-state index contributed by atoms with van der Waals surface area (Å²) in [5.41, 5.74) is 3.53. The number of hydrogen-bond acceptors (Lipinski definition) is 5.